The van der Waals surface area contributed by atoms with Crippen LogP contribution in [0.25, 0.3) is 0 Å². The fraction of sp³-hybridized carbons (Fsp3) is 0.550. The van der Waals surface area contributed by atoms with E-state index >= 15 is 0 Å². The Balaban J connectivity index is 1.33. The Morgan fingerprint density at radius 1 is 1.32 bits per heavy atom. The van der Waals surface area contributed by atoms with Gasteiger partial charge >= 0.3 is 0 Å². The fourth-order valence-electron chi connectivity index (χ4n) is 3.88. The maximum absolute atomic E-state index is 12.4. The van der Waals surface area contributed by atoms with E-state index in [-0.39, 0.29) is 18.2 Å². The molecule has 2 aliphatic rings. The summed E-state index contributed by atoms with van der Waals surface area (Å²) in [6, 6.07) is 6.84. The molecule has 0 spiro atoms. The number of ether oxygens (including phenoxy) is 1. The Kier molecular flexibility index (Phi) is 5.32. The van der Waals surface area contributed by atoms with Gasteiger partial charge in [0.1, 0.15) is 11.9 Å². The minimum atomic E-state index is -0.995. The zero-order valence-electron chi connectivity index (χ0n) is 15.9. The van der Waals surface area contributed by atoms with E-state index in [2.05, 4.69) is 15.6 Å². The first-order valence-corrected chi connectivity index (χ1v) is 9.72. The highest BCUT2D eigenvalue weighted by molar-refractivity contribution is 5.79. The van der Waals surface area contributed by atoms with Crippen LogP contribution in [0.1, 0.15) is 36.4 Å². The third-order valence-electron chi connectivity index (χ3n) is 5.62. The van der Waals surface area contributed by atoms with E-state index in [1.165, 1.54) is 0 Å². The second-order valence-electron chi connectivity index (χ2n) is 7.82. The lowest BCUT2D eigenvalue weighted by molar-refractivity contribution is -0.122. The number of aliphatic hydroxyl groups is 2. The first-order chi connectivity index (χ1) is 13.5. The summed E-state index contributed by atoms with van der Waals surface area (Å²) in [7, 11) is 1.58. The van der Waals surface area contributed by atoms with E-state index in [1.807, 2.05) is 30.5 Å². The Morgan fingerprint density at radius 2 is 2.14 bits per heavy atom. The molecule has 4 unspecified atom stereocenters. The van der Waals surface area contributed by atoms with Crippen LogP contribution in [0, 0.1) is 5.92 Å². The van der Waals surface area contributed by atoms with Crippen molar-refractivity contribution in [3.05, 3.63) is 41.7 Å². The lowest BCUT2D eigenvalue weighted by Crippen LogP contribution is -2.43. The van der Waals surface area contributed by atoms with Crippen LogP contribution in [-0.4, -0.2) is 56.5 Å². The van der Waals surface area contributed by atoms with Crippen molar-refractivity contribution >= 4 is 5.91 Å². The summed E-state index contributed by atoms with van der Waals surface area (Å²) in [5.41, 5.74) is 1.83. The Morgan fingerprint density at radius 3 is 2.89 bits per heavy atom. The number of aromatic nitrogens is 3. The molecule has 3 N–H and O–H groups in total. The molecule has 150 valence electrons. The molecule has 0 aliphatic heterocycles. The summed E-state index contributed by atoms with van der Waals surface area (Å²) in [6.07, 6.45) is 3.02. The van der Waals surface area contributed by atoms with Gasteiger partial charge in [-0.15, -0.1) is 5.10 Å². The van der Waals surface area contributed by atoms with Crippen molar-refractivity contribution < 1.29 is 19.7 Å². The van der Waals surface area contributed by atoms with Crippen LogP contribution in [0.4, 0.5) is 0 Å². The minimum absolute atomic E-state index is 0.189. The predicted octanol–water partition coefficient (Wildman–Crippen LogP) is 0.633. The number of nitrogens with one attached hydrogen (secondary N) is 1. The molecule has 2 fully saturated rings. The molecule has 0 saturated heterocycles. The van der Waals surface area contributed by atoms with E-state index in [4.69, 9.17) is 4.74 Å². The second kappa shape index (κ2) is 7.89. The summed E-state index contributed by atoms with van der Waals surface area (Å²) in [5.74, 6) is 0.837. The van der Waals surface area contributed by atoms with Crippen molar-refractivity contribution in [2.75, 3.05) is 7.11 Å². The molecule has 2 saturated carbocycles. The molecule has 1 heterocycles. The molecule has 28 heavy (non-hydrogen) atoms. The van der Waals surface area contributed by atoms with Gasteiger partial charge in [0.05, 0.1) is 31.4 Å². The molecule has 0 bridgehead atoms. The Bertz CT molecular complexity index is 835. The summed E-state index contributed by atoms with van der Waals surface area (Å²) >= 11 is 0. The topological polar surface area (TPSA) is 110 Å². The Labute approximate surface area is 163 Å². The van der Waals surface area contributed by atoms with Gasteiger partial charge < -0.3 is 20.3 Å². The fourth-order valence-corrected chi connectivity index (χ4v) is 3.88. The van der Waals surface area contributed by atoms with Crippen molar-refractivity contribution in [2.45, 2.75) is 56.4 Å². The van der Waals surface area contributed by atoms with E-state index in [1.54, 1.807) is 11.8 Å². The van der Waals surface area contributed by atoms with Crippen LogP contribution in [0.2, 0.25) is 0 Å². The molecular weight excluding hydrogens is 360 g/mol. The van der Waals surface area contributed by atoms with E-state index in [9.17, 15) is 15.0 Å². The van der Waals surface area contributed by atoms with Crippen molar-refractivity contribution in [1.29, 1.82) is 0 Å². The molecule has 8 nitrogen and oxygen atoms in total. The molecule has 1 aromatic carbocycles. The number of nitrogens with zero attached hydrogens (tertiary/aromatic N) is 3. The Hall–Kier alpha value is -2.45. The third kappa shape index (κ3) is 4.18. The zero-order chi connectivity index (χ0) is 19.7. The first-order valence-electron chi connectivity index (χ1n) is 9.72. The van der Waals surface area contributed by atoms with Crippen molar-refractivity contribution in [3.63, 3.8) is 0 Å². The highest BCUT2D eigenvalue weighted by Gasteiger charge is 2.42. The maximum atomic E-state index is 12.4. The largest absolute Gasteiger partial charge is 0.497 e. The predicted molar refractivity (Wildman–Crippen MR) is 101 cm³/mol. The van der Waals surface area contributed by atoms with Gasteiger partial charge in [-0.2, -0.15) is 0 Å². The van der Waals surface area contributed by atoms with E-state index in [0.29, 0.717) is 24.6 Å². The molecule has 1 amide bonds. The van der Waals surface area contributed by atoms with Crippen LogP contribution in [0.15, 0.2) is 30.5 Å². The third-order valence-corrected chi connectivity index (χ3v) is 5.62. The van der Waals surface area contributed by atoms with Crippen molar-refractivity contribution in [2.24, 2.45) is 5.92 Å². The smallest absolute Gasteiger partial charge is 0.224 e. The number of benzene rings is 1. The highest BCUT2D eigenvalue weighted by atomic mass is 16.5. The number of amides is 1. The van der Waals surface area contributed by atoms with Crippen molar-refractivity contribution in [1.82, 2.24) is 20.3 Å². The lowest BCUT2D eigenvalue weighted by atomic mass is 10.1. The van der Waals surface area contributed by atoms with Crippen LogP contribution in [0.5, 0.6) is 5.75 Å². The SMILES string of the molecule is COc1cccc(CC(=O)NC2CC(Cn3cc(C4CC4)nn3)C(O)C2O)c1. The van der Waals surface area contributed by atoms with Crippen LogP contribution < -0.4 is 10.1 Å². The second-order valence-corrected chi connectivity index (χ2v) is 7.82. The van der Waals surface area contributed by atoms with Gasteiger partial charge in [-0.1, -0.05) is 17.3 Å². The molecule has 8 heteroatoms. The molecule has 4 rings (SSSR count). The summed E-state index contributed by atoms with van der Waals surface area (Å²) in [5, 5.41) is 32.0. The number of rotatable bonds is 7. The van der Waals surface area contributed by atoms with E-state index < -0.39 is 18.2 Å². The van der Waals surface area contributed by atoms with Gasteiger partial charge in [0.2, 0.25) is 5.91 Å². The molecule has 1 aromatic heterocycles. The number of carbonyl (C=O) groups excluding carboxylic acids is 1. The first kappa shape index (κ1) is 18.9. The van der Waals surface area contributed by atoms with Crippen molar-refractivity contribution in [3.8, 4) is 5.75 Å². The van der Waals surface area contributed by atoms with E-state index in [0.717, 1.165) is 24.1 Å². The molecule has 0 radical (unpaired) electrons. The normalized spacial score (nSPS) is 27.0. The lowest BCUT2D eigenvalue weighted by Gasteiger charge is -2.18. The number of hydrogen-bond donors (Lipinski definition) is 3. The maximum Gasteiger partial charge on any atom is 0.224 e. The average molecular weight is 386 g/mol. The number of methoxy groups -OCH3 is 1. The van der Waals surface area contributed by atoms with Crippen LogP contribution in [-0.2, 0) is 17.8 Å². The standard InChI is InChI=1S/C20H26N4O4/c1-28-15-4-2-3-12(7-15)8-18(25)21-16-9-14(19(26)20(16)27)10-24-11-17(22-23-24)13-5-6-13/h2-4,7,11,13-14,16,19-20,26-27H,5-6,8-10H2,1H3,(H,21,25). The number of aliphatic hydroxyl groups excluding tert-OH is 2. The van der Waals surface area contributed by atoms with Gasteiger partial charge in [-0.3, -0.25) is 9.48 Å². The van der Waals surface area contributed by atoms with Gasteiger partial charge in [0, 0.05) is 24.6 Å². The summed E-state index contributed by atoms with van der Waals surface area (Å²) in [4.78, 5) is 12.4. The molecular formula is C20H26N4O4. The van der Waals surface area contributed by atoms with Gasteiger partial charge in [0.25, 0.3) is 0 Å². The summed E-state index contributed by atoms with van der Waals surface area (Å²) in [6.45, 7) is 0.472. The van der Waals surface area contributed by atoms with Gasteiger partial charge in [0.15, 0.2) is 0 Å². The molecule has 4 atom stereocenters. The van der Waals surface area contributed by atoms with Crippen LogP contribution in [0.3, 0.4) is 0 Å². The highest BCUT2D eigenvalue weighted by Crippen LogP contribution is 2.38. The quantitative estimate of drug-likeness (QED) is 0.644. The minimum Gasteiger partial charge on any atom is -0.497 e. The molecule has 2 aromatic rings. The molecule has 2 aliphatic carbocycles. The summed E-state index contributed by atoms with van der Waals surface area (Å²) < 4.78 is 6.90. The number of hydrogen-bond acceptors (Lipinski definition) is 6. The monoisotopic (exact) mass is 386 g/mol. The average Bonchev–Trinajstić information content (AvgIpc) is 3.38. The van der Waals surface area contributed by atoms with Crippen LogP contribution >= 0.6 is 0 Å². The van der Waals surface area contributed by atoms with Gasteiger partial charge in [-0.25, -0.2) is 0 Å². The zero-order valence-corrected chi connectivity index (χ0v) is 15.9. The number of carbonyl (C=O) groups is 1. The van der Waals surface area contributed by atoms with Gasteiger partial charge in [-0.05, 0) is 37.0 Å².